The van der Waals surface area contributed by atoms with Crippen molar-refractivity contribution in [2.75, 3.05) is 31.5 Å². The number of amides is 1. The van der Waals surface area contributed by atoms with Gasteiger partial charge in [-0.3, -0.25) is 14.7 Å². The topological polar surface area (TPSA) is 57.3 Å². The Bertz CT molecular complexity index is 717. The molecule has 1 atom stereocenters. The molecule has 1 aromatic heterocycles. The summed E-state index contributed by atoms with van der Waals surface area (Å²) in [5, 5.41) is 5.91. The van der Waals surface area contributed by atoms with E-state index in [0.29, 0.717) is 6.54 Å². The van der Waals surface area contributed by atoms with E-state index in [9.17, 15) is 13.6 Å². The summed E-state index contributed by atoms with van der Waals surface area (Å²) in [7, 11) is 0. The van der Waals surface area contributed by atoms with Gasteiger partial charge >= 0.3 is 0 Å². The molecule has 3 rings (SSSR count). The van der Waals surface area contributed by atoms with Crippen LogP contribution in [-0.2, 0) is 4.79 Å². The van der Waals surface area contributed by atoms with Gasteiger partial charge in [-0.25, -0.2) is 8.78 Å². The van der Waals surface area contributed by atoms with Crippen molar-refractivity contribution in [1.82, 2.24) is 15.2 Å². The number of carbonyl (C=O) groups is 1. The normalized spacial score (nSPS) is 17.6. The molecule has 0 spiro atoms. The van der Waals surface area contributed by atoms with Gasteiger partial charge in [-0.05, 0) is 23.8 Å². The van der Waals surface area contributed by atoms with Crippen LogP contribution in [0.15, 0.2) is 42.7 Å². The molecule has 1 aromatic carbocycles. The Kier molecular flexibility index (Phi) is 6.81. The number of aromatic nitrogens is 1. The minimum atomic E-state index is -0.983. The zero-order valence-corrected chi connectivity index (χ0v) is 14.2. The Morgan fingerprint density at radius 3 is 2.88 bits per heavy atom. The number of nitrogens with zero attached hydrogens (tertiary/aromatic N) is 2. The molecule has 1 saturated heterocycles. The van der Waals surface area contributed by atoms with Gasteiger partial charge in [0.1, 0.15) is 0 Å². The van der Waals surface area contributed by atoms with Gasteiger partial charge in [-0.2, -0.15) is 0 Å². The molecule has 1 amide bonds. The number of nitrogens with one attached hydrogen (secondary N) is 2. The zero-order valence-electron chi connectivity index (χ0n) is 13.4. The maximum Gasteiger partial charge on any atom is 0.238 e. The summed E-state index contributed by atoms with van der Waals surface area (Å²) in [6.45, 7) is 2.39. The van der Waals surface area contributed by atoms with Gasteiger partial charge in [0.15, 0.2) is 11.6 Å². The van der Waals surface area contributed by atoms with Crippen molar-refractivity contribution >= 4 is 24.0 Å². The minimum absolute atomic E-state index is 0. The lowest BCUT2D eigenvalue weighted by Crippen LogP contribution is -2.48. The van der Waals surface area contributed by atoms with Crippen LogP contribution in [0.1, 0.15) is 11.6 Å². The quantitative estimate of drug-likeness (QED) is 0.870. The maximum absolute atomic E-state index is 13.2. The molecular formula is C17H19ClF2N4O. The highest BCUT2D eigenvalue weighted by atomic mass is 35.5. The van der Waals surface area contributed by atoms with Crippen molar-refractivity contribution in [3.8, 4) is 0 Å². The molecular weight excluding hydrogens is 350 g/mol. The van der Waals surface area contributed by atoms with Gasteiger partial charge in [0.2, 0.25) is 5.91 Å². The lowest BCUT2D eigenvalue weighted by molar-refractivity contribution is -0.118. The van der Waals surface area contributed by atoms with Crippen molar-refractivity contribution < 1.29 is 13.6 Å². The van der Waals surface area contributed by atoms with Gasteiger partial charge < -0.3 is 10.6 Å². The Morgan fingerprint density at radius 1 is 1.32 bits per heavy atom. The van der Waals surface area contributed by atoms with Gasteiger partial charge in [0.25, 0.3) is 0 Å². The Hall–Kier alpha value is -2.09. The fourth-order valence-corrected chi connectivity index (χ4v) is 2.80. The van der Waals surface area contributed by atoms with E-state index in [0.717, 1.165) is 30.8 Å². The van der Waals surface area contributed by atoms with Crippen molar-refractivity contribution in [3.63, 3.8) is 0 Å². The Labute approximate surface area is 150 Å². The smallest absolute Gasteiger partial charge is 0.238 e. The van der Waals surface area contributed by atoms with Gasteiger partial charge in [-0.15, -0.1) is 12.4 Å². The molecule has 2 aromatic rings. The largest absolute Gasteiger partial charge is 0.325 e. The SMILES string of the molecule is Cl.O=C(CN1CCNCC1c1cccnc1)Nc1ccc(F)c(F)c1. The number of anilines is 1. The molecule has 8 heteroatoms. The van der Waals surface area contributed by atoms with E-state index >= 15 is 0 Å². The number of pyridine rings is 1. The number of benzene rings is 1. The minimum Gasteiger partial charge on any atom is -0.325 e. The van der Waals surface area contributed by atoms with Crippen LogP contribution in [0.25, 0.3) is 0 Å². The number of rotatable bonds is 4. The van der Waals surface area contributed by atoms with E-state index in [1.54, 1.807) is 12.4 Å². The zero-order chi connectivity index (χ0) is 16.9. The number of carbonyl (C=O) groups excluding carboxylic acids is 1. The number of hydrogen-bond donors (Lipinski definition) is 2. The van der Waals surface area contributed by atoms with Crippen LogP contribution >= 0.6 is 12.4 Å². The summed E-state index contributed by atoms with van der Waals surface area (Å²) in [5.74, 6) is -2.19. The molecule has 0 bridgehead atoms. The molecule has 1 aliphatic heterocycles. The van der Waals surface area contributed by atoms with Gasteiger partial charge in [-0.1, -0.05) is 6.07 Å². The Morgan fingerprint density at radius 2 is 2.16 bits per heavy atom. The summed E-state index contributed by atoms with van der Waals surface area (Å²) < 4.78 is 26.2. The lowest BCUT2D eigenvalue weighted by Gasteiger charge is -2.35. The molecule has 0 radical (unpaired) electrons. The first-order valence-corrected chi connectivity index (χ1v) is 7.73. The summed E-state index contributed by atoms with van der Waals surface area (Å²) in [6.07, 6.45) is 3.50. The summed E-state index contributed by atoms with van der Waals surface area (Å²) in [5.41, 5.74) is 1.28. The molecule has 1 unspecified atom stereocenters. The van der Waals surface area contributed by atoms with Crippen LogP contribution in [0.2, 0.25) is 0 Å². The number of piperazine rings is 1. The first-order chi connectivity index (χ1) is 11.6. The van der Waals surface area contributed by atoms with E-state index in [-0.39, 0.29) is 36.6 Å². The second kappa shape index (κ2) is 8.84. The van der Waals surface area contributed by atoms with E-state index in [4.69, 9.17) is 0 Å². The first kappa shape index (κ1) is 19.2. The van der Waals surface area contributed by atoms with Crippen molar-refractivity contribution in [2.45, 2.75) is 6.04 Å². The van der Waals surface area contributed by atoms with Crippen molar-refractivity contribution in [2.24, 2.45) is 0 Å². The third kappa shape index (κ3) is 4.94. The van der Waals surface area contributed by atoms with Crippen LogP contribution < -0.4 is 10.6 Å². The molecule has 2 N–H and O–H groups in total. The van der Waals surface area contributed by atoms with Crippen molar-refractivity contribution in [3.05, 3.63) is 59.9 Å². The molecule has 5 nitrogen and oxygen atoms in total. The van der Waals surface area contributed by atoms with Crippen LogP contribution in [0.3, 0.4) is 0 Å². The monoisotopic (exact) mass is 368 g/mol. The van der Waals surface area contributed by atoms with E-state index in [1.807, 2.05) is 17.0 Å². The van der Waals surface area contributed by atoms with Crippen molar-refractivity contribution in [1.29, 1.82) is 0 Å². The highest BCUT2D eigenvalue weighted by Gasteiger charge is 2.25. The molecule has 1 fully saturated rings. The second-order valence-electron chi connectivity index (χ2n) is 5.65. The molecule has 0 aliphatic carbocycles. The molecule has 134 valence electrons. The third-order valence-electron chi connectivity index (χ3n) is 3.97. The average molecular weight is 369 g/mol. The molecule has 25 heavy (non-hydrogen) atoms. The van der Waals surface area contributed by atoms with Crippen LogP contribution in [0, 0.1) is 11.6 Å². The second-order valence-corrected chi connectivity index (χ2v) is 5.65. The van der Waals surface area contributed by atoms with E-state index < -0.39 is 11.6 Å². The molecule has 0 saturated carbocycles. The van der Waals surface area contributed by atoms with Gasteiger partial charge in [0.05, 0.1) is 6.54 Å². The highest BCUT2D eigenvalue weighted by Crippen LogP contribution is 2.21. The van der Waals surface area contributed by atoms with E-state index in [2.05, 4.69) is 15.6 Å². The van der Waals surface area contributed by atoms with Gasteiger partial charge in [0, 0.05) is 49.8 Å². The maximum atomic E-state index is 13.2. The lowest BCUT2D eigenvalue weighted by atomic mass is 10.1. The number of hydrogen-bond acceptors (Lipinski definition) is 4. The van der Waals surface area contributed by atoms with Crippen LogP contribution in [0.5, 0.6) is 0 Å². The van der Waals surface area contributed by atoms with Crippen LogP contribution in [0.4, 0.5) is 14.5 Å². The fraction of sp³-hybridized carbons (Fsp3) is 0.294. The summed E-state index contributed by atoms with van der Waals surface area (Å²) in [6, 6.07) is 7.20. The number of halogens is 3. The highest BCUT2D eigenvalue weighted by molar-refractivity contribution is 5.92. The average Bonchev–Trinajstić information content (AvgIpc) is 2.59. The van der Waals surface area contributed by atoms with E-state index in [1.165, 1.54) is 6.07 Å². The standard InChI is InChI=1S/C17H18F2N4O.ClH/c18-14-4-3-13(8-15(14)19)22-17(24)11-23-7-6-21-10-16(23)12-2-1-5-20-9-12;/h1-5,8-9,16,21H,6-7,10-11H2,(H,22,24);1H. The predicted octanol–water partition coefficient (Wildman–Crippen LogP) is 2.37. The third-order valence-corrected chi connectivity index (χ3v) is 3.97. The molecule has 1 aliphatic rings. The predicted molar refractivity (Wildman–Crippen MR) is 93.7 cm³/mol. The first-order valence-electron chi connectivity index (χ1n) is 7.73. The fourth-order valence-electron chi connectivity index (χ4n) is 2.80. The summed E-state index contributed by atoms with van der Waals surface area (Å²) in [4.78, 5) is 18.4. The van der Waals surface area contributed by atoms with Crippen LogP contribution in [-0.4, -0.2) is 42.0 Å². The molecule has 2 heterocycles. The Balaban J connectivity index is 0.00000225. The summed E-state index contributed by atoms with van der Waals surface area (Å²) >= 11 is 0.